The SMILES string of the molecule is CCCCN(c1ccccc1)c1cc([C@@H](C)O)ccn1. The van der Waals surface area contributed by atoms with Gasteiger partial charge >= 0.3 is 0 Å². The van der Waals surface area contributed by atoms with Gasteiger partial charge in [0.05, 0.1) is 6.10 Å². The number of anilines is 2. The lowest BCUT2D eigenvalue weighted by Gasteiger charge is -2.24. The van der Waals surface area contributed by atoms with E-state index >= 15 is 0 Å². The predicted molar refractivity (Wildman–Crippen MR) is 83.2 cm³/mol. The molecule has 0 bridgehead atoms. The third kappa shape index (κ3) is 3.58. The second-order valence-electron chi connectivity index (χ2n) is 4.96. The third-order valence-electron chi connectivity index (χ3n) is 3.33. The zero-order valence-corrected chi connectivity index (χ0v) is 12.2. The summed E-state index contributed by atoms with van der Waals surface area (Å²) < 4.78 is 0. The molecule has 20 heavy (non-hydrogen) atoms. The van der Waals surface area contributed by atoms with Crippen LogP contribution in [0.3, 0.4) is 0 Å². The van der Waals surface area contributed by atoms with Gasteiger partial charge in [-0.15, -0.1) is 0 Å². The average molecular weight is 270 g/mol. The van der Waals surface area contributed by atoms with Crippen LogP contribution in [0.1, 0.15) is 38.4 Å². The van der Waals surface area contributed by atoms with Crippen LogP contribution in [0.4, 0.5) is 11.5 Å². The highest BCUT2D eigenvalue weighted by atomic mass is 16.3. The summed E-state index contributed by atoms with van der Waals surface area (Å²) in [5.41, 5.74) is 2.03. The summed E-state index contributed by atoms with van der Waals surface area (Å²) in [5.74, 6) is 0.892. The lowest BCUT2D eigenvalue weighted by Crippen LogP contribution is -2.19. The number of aliphatic hydroxyl groups excluding tert-OH is 1. The highest BCUT2D eigenvalue weighted by Crippen LogP contribution is 2.26. The van der Waals surface area contributed by atoms with Gasteiger partial charge in [0.1, 0.15) is 5.82 Å². The van der Waals surface area contributed by atoms with Gasteiger partial charge in [0.15, 0.2) is 0 Å². The smallest absolute Gasteiger partial charge is 0.133 e. The van der Waals surface area contributed by atoms with Crippen molar-refractivity contribution < 1.29 is 5.11 Å². The first-order valence-corrected chi connectivity index (χ1v) is 7.19. The van der Waals surface area contributed by atoms with Gasteiger partial charge in [0, 0.05) is 18.4 Å². The molecule has 1 aromatic carbocycles. The largest absolute Gasteiger partial charge is 0.389 e. The quantitative estimate of drug-likeness (QED) is 0.859. The molecule has 2 aromatic rings. The Bertz CT molecular complexity index is 526. The maximum atomic E-state index is 9.73. The Kier molecular flexibility index (Phi) is 5.13. The molecule has 0 saturated carbocycles. The number of pyridine rings is 1. The molecule has 0 unspecified atom stereocenters. The highest BCUT2D eigenvalue weighted by Gasteiger charge is 2.11. The Morgan fingerprint density at radius 2 is 1.95 bits per heavy atom. The van der Waals surface area contributed by atoms with E-state index in [1.807, 2.05) is 30.3 Å². The van der Waals surface area contributed by atoms with E-state index in [1.165, 1.54) is 0 Å². The van der Waals surface area contributed by atoms with Crippen molar-refractivity contribution in [3.63, 3.8) is 0 Å². The Hall–Kier alpha value is -1.87. The molecule has 0 radical (unpaired) electrons. The summed E-state index contributed by atoms with van der Waals surface area (Å²) in [6, 6.07) is 14.1. The van der Waals surface area contributed by atoms with E-state index in [-0.39, 0.29) is 0 Å². The van der Waals surface area contributed by atoms with E-state index in [0.29, 0.717) is 0 Å². The van der Waals surface area contributed by atoms with Crippen molar-refractivity contribution in [3.05, 3.63) is 54.2 Å². The van der Waals surface area contributed by atoms with Crippen LogP contribution in [0.25, 0.3) is 0 Å². The molecule has 0 aliphatic carbocycles. The van der Waals surface area contributed by atoms with Gasteiger partial charge in [0.2, 0.25) is 0 Å². The van der Waals surface area contributed by atoms with Crippen molar-refractivity contribution in [1.82, 2.24) is 4.98 Å². The maximum Gasteiger partial charge on any atom is 0.133 e. The van der Waals surface area contributed by atoms with Crippen molar-refractivity contribution in [1.29, 1.82) is 0 Å². The molecule has 0 amide bonds. The molecular weight excluding hydrogens is 248 g/mol. The van der Waals surface area contributed by atoms with Crippen LogP contribution in [0.5, 0.6) is 0 Å². The molecule has 2 rings (SSSR count). The second-order valence-corrected chi connectivity index (χ2v) is 4.96. The summed E-state index contributed by atoms with van der Waals surface area (Å²) in [6.07, 6.45) is 3.54. The molecule has 3 heteroatoms. The molecule has 0 fully saturated rings. The number of para-hydroxylation sites is 1. The van der Waals surface area contributed by atoms with Crippen molar-refractivity contribution in [3.8, 4) is 0 Å². The zero-order valence-electron chi connectivity index (χ0n) is 12.2. The van der Waals surface area contributed by atoms with Gasteiger partial charge in [-0.25, -0.2) is 4.98 Å². The molecule has 1 N–H and O–H groups in total. The van der Waals surface area contributed by atoms with E-state index in [0.717, 1.165) is 36.5 Å². The highest BCUT2D eigenvalue weighted by molar-refractivity contribution is 5.60. The lowest BCUT2D eigenvalue weighted by atomic mass is 10.1. The minimum absolute atomic E-state index is 0.472. The summed E-state index contributed by atoms with van der Waals surface area (Å²) in [4.78, 5) is 6.67. The van der Waals surface area contributed by atoms with E-state index in [1.54, 1.807) is 13.1 Å². The number of rotatable bonds is 6. The van der Waals surface area contributed by atoms with Gasteiger partial charge in [-0.3, -0.25) is 0 Å². The van der Waals surface area contributed by atoms with Gasteiger partial charge < -0.3 is 10.0 Å². The molecule has 106 valence electrons. The molecule has 0 spiro atoms. The van der Waals surface area contributed by atoms with E-state index < -0.39 is 6.10 Å². The van der Waals surface area contributed by atoms with E-state index in [9.17, 15) is 5.11 Å². The first-order chi connectivity index (χ1) is 9.72. The fourth-order valence-electron chi connectivity index (χ4n) is 2.14. The van der Waals surface area contributed by atoms with Gasteiger partial charge in [-0.1, -0.05) is 31.5 Å². The number of nitrogens with zero attached hydrogens (tertiary/aromatic N) is 2. The maximum absolute atomic E-state index is 9.73. The van der Waals surface area contributed by atoms with Crippen LogP contribution >= 0.6 is 0 Å². The topological polar surface area (TPSA) is 36.4 Å². The first kappa shape index (κ1) is 14.5. The fraction of sp³-hybridized carbons (Fsp3) is 0.353. The van der Waals surface area contributed by atoms with Crippen LogP contribution in [-0.4, -0.2) is 16.6 Å². The fourth-order valence-corrected chi connectivity index (χ4v) is 2.14. The summed E-state index contributed by atoms with van der Waals surface area (Å²) in [5, 5.41) is 9.73. The molecule has 0 aliphatic rings. The summed E-state index contributed by atoms with van der Waals surface area (Å²) in [6.45, 7) is 4.89. The van der Waals surface area contributed by atoms with Crippen molar-refractivity contribution in [2.24, 2.45) is 0 Å². The van der Waals surface area contributed by atoms with E-state index in [2.05, 4.69) is 28.9 Å². The van der Waals surface area contributed by atoms with Crippen LogP contribution in [-0.2, 0) is 0 Å². The Balaban J connectivity index is 2.33. The summed E-state index contributed by atoms with van der Waals surface area (Å²) in [7, 11) is 0. The van der Waals surface area contributed by atoms with Crippen LogP contribution in [0.15, 0.2) is 48.7 Å². The van der Waals surface area contributed by atoms with Gasteiger partial charge in [-0.2, -0.15) is 0 Å². The molecule has 0 saturated heterocycles. The van der Waals surface area contributed by atoms with Crippen molar-refractivity contribution in [2.45, 2.75) is 32.8 Å². The first-order valence-electron chi connectivity index (χ1n) is 7.19. The average Bonchev–Trinajstić information content (AvgIpc) is 2.49. The Labute approximate surface area is 120 Å². The van der Waals surface area contributed by atoms with Crippen LogP contribution < -0.4 is 4.90 Å². The number of unbranched alkanes of at least 4 members (excludes halogenated alkanes) is 1. The van der Waals surface area contributed by atoms with E-state index in [4.69, 9.17) is 0 Å². The monoisotopic (exact) mass is 270 g/mol. The minimum Gasteiger partial charge on any atom is -0.389 e. The number of hydrogen-bond acceptors (Lipinski definition) is 3. The third-order valence-corrected chi connectivity index (χ3v) is 3.33. The van der Waals surface area contributed by atoms with Gasteiger partial charge in [-0.05, 0) is 43.2 Å². The molecule has 3 nitrogen and oxygen atoms in total. The molecule has 1 atom stereocenters. The number of hydrogen-bond donors (Lipinski definition) is 1. The zero-order chi connectivity index (χ0) is 14.4. The molecule has 1 aromatic heterocycles. The summed E-state index contributed by atoms with van der Waals surface area (Å²) >= 11 is 0. The Morgan fingerprint density at radius 1 is 1.20 bits per heavy atom. The van der Waals surface area contributed by atoms with Crippen LogP contribution in [0, 0.1) is 0 Å². The number of aromatic nitrogens is 1. The number of aliphatic hydroxyl groups is 1. The van der Waals surface area contributed by atoms with Crippen LogP contribution in [0.2, 0.25) is 0 Å². The molecule has 1 heterocycles. The molecular formula is C17H22N2O. The molecule has 0 aliphatic heterocycles. The van der Waals surface area contributed by atoms with Gasteiger partial charge in [0.25, 0.3) is 0 Å². The lowest BCUT2D eigenvalue weighted by molar-refractivity contribution is 0.199. The Morgan fingerprint density at radius 3 is 2.60 bits per heavy atom. The second kappa shape index (κ2) is 7.06. The van der Waals surface area contributed by atoms with Crippen molar-refractivity contribution in [2.75, 3.05) is 11.4 Å². The number of benzene rings is 1. The van der Waals surface area contributed by atoms with Crippen molar-refractivity contribution >= 4 is 11.5 Å². The predicted octanol–water partition coefficient (Wildman–Crippen LogP) is 4.07. The minimum atomic E-state index is -0.472. The normalized spacial score (nSPS) is 12.2. The standard InChI is InChI=1S/C17H22N2O/c1-3-4-12-19(16-8-6-5-7-9-16)17-13-15(14(2)20)10-11-18-17/h5-11,13-14,20H,3-4,12H2,1-2H3/t14-/m1/s1.